The number of carbonyl (C=O) groups excluding carboxylic acids is 1. The van der Waals surface area contributed by atoms with Gasteiger partial charge in [-0.25, -0.2) is 4.98 Å². The first kappa shape index (κ1) is 22.2. The van der Waals surface area contributed by atoms with Crippen molar-refractivity contribution in [3.8, 4) is 0 Å². The third-order valence-electron chi connectivity index (χ3n) is 5.16. The van der Waals surface area contributed by atoms with Gasteiger partial charge in [0.15, 0.2) is 10.9 Å². The predicted molar refractivity (Wildman–Crippen MR) is 124 cm³/mol. The first-order valence-electron chi connectivity index (χ1n) is 10.3. The highest BCUT2D eigenvalue weighted by atomic mass is 32.2. The molecule has 0 aliphatic carbocycles. The van der Waals surface area contributed by atoms with Crippen molar-refractivity contribution >= 4 is 28.4 Å². The molecule has 30 heavy (non-hydrogen) atoms. The van der Waals surface area contributed by atoms with Crippen LogP contribution in [0.5, 0.6) is 0 Å². The molecule has 5 nitrogen and oxygen atoms in total. The van der Waals surface area contributed by atoms with Crippen LogP contribution >= 0.6 is 11.8 Å². The van der Waals surface area contributed by atoms with Gasteiger partial charge in [0.25, 0.3) is 5.56 Å². The molecule has 2 aromatic carbocycles. The number of nitrogens with zero attached hydrogens (tertiary/aromatic N) is 3. The number of hydrogen-bond donors (Lipinski definition) is 0. The number of ketones is 1. The molecule has 0 bridgehead atoms. The van der Waals surface area contributed by atoms with Crippen LogP contribution in [-0.4, -0.2) is 44.6 Å². The Morgan fingerprint density at radius 1 is 1.00 bits per heavy atom. The average Bonchev–Trinajstić information content (AvgIpc) is 2.74. The lowest BCUT2D eigenvalue weighted by Crippen LogP contribution is -2.40. The third kappa shape index (κ3) is 5.18. The Bertz CT molecular complexity index is 1050. The number of rotatable bonds is 9. The van der Waals surface area contributed by atoms with Crippen molar-refractivity contribution in [1.29, 1.82) is 0 Å². The number of thioether (sulfide) groups is 1. The van der Waals surface area contributed by atoms with Gasteiger partial charge in [-0.3, -0.25) is 19.1 Å². The zero-order valence-electron chi connectivity index (χ0n) is 18.0. The maximum Gasteiger partial charge on any atom is 0.262 e. The molecule has 0 unspecified atom stereocenters. The molecule has 3 aromatic rings. The van der Waals surface area contributed by atoms with Crippen LogP contribution in [0.3, 0.4) is 0 Å². The fourth-order valence-electron chi connectivity index (χ4n) is 3.62. The molecule has 0 amide bonds. The highest BCUT2D eigenvalue weighted by molar-refractivity contribution is 7.99. The summed E-state index contributed by atoms with van der Waals surface area (Å²) in [4.78, 5) is 32.9. The molecule has 158 valence electrons. The van der Waals surface area contributed by atoms with Crippen molar-refractivity contribution in [2.24, 2.45) is 0 Å². The Labute approximate surface area is 182 Å². The van der Waals surface area contributed by atoms with E-state index < -0.39 is 0 Å². The normalized spacial score (nSPS) is 11.7. The number of fused-ring (bicyclic) bond motifs is 1. The van der Waals surface area contributed by atoms with Gasteiger partial charge in [0, 0.05) is 30.7 Å². The molecule has 0 saturated carbocycles. The predicted octanol–water partition coefficient (Wildman–Crippen LogP) is 4.49. The number of para-hydroxylation sites is 1. The molecule has 0 saturated heterocycles. The Balaban J connectivity index is 1.90. The molecular formula is C24H29N3O2S. The Hall–Kier alpha value is -2.44. The van der Waals surface area contributed by atoms with Gasteiger partial charge in [-0.15, -0.1) is 0 Å². The van der Waals surface area contributed by atoms with Gasteiger partial charge in [-0.1, -0.05) is 54.2 Å². The first-order valence-corrected chi connectivity index (χ1v) is 11.3. The quantitative estimate of drug-likeness (QED) is 0.288. The lowest BCUT2D eigenvalue weighted by Gasteiger charge is -2.30. The van der Waals surface area contributed by atoms with E-state index >= 15 is 0 Å². The summed E-state index contributed by atoms with van der Waals surface area (Å²) in [5.41, 5.74) is 1.28. The van der Waals surface area contributed by atoms with Crippen molar-refractivity contribution < 1.29 is 4.79 Å². The minimum atomic E-state index is -0.0530. The van der Waals surface area contributed by atoms with Gasteiger partial charge in [0.05, 0.1) is 16.7 Å². The molecule has 0 aliphatic rings. The van der Waals surface area contributed by atoms with Crippen molar-refractivity contribution in [2.75, 3.05) is 12.3 Å². The Morgan fingerprint density at radius 3 is 2.30 bits per heavy atom. The van der Waals surface area contributed by atoms with Gasteiger partial charge in [0.2, 0.25) is 0 Å². The third-order valence-corrected chi connectivity index (χ3v) is 6.14. The number of aromatic nitrogens is 2. The highest BCUT2D eigenvalue weighted by Crippen LogP contribution is 2.20. The van der Waals surface area contributed by atoms with Gasteiger partial charge < -0.3 is 0 Å². The largest absolute Gasteiger partial charge is 0.297 e. The van der Waals surface area contributed by atoms with Crippen molar-refractivity contribution in [2.45, 2.75) is 51.5 Å². The van der Waals surface area contributed by atoms with Gasteiger partial charge >= 0.3 is 0 Å². The molecule has 6 heteroatoms. The van der Waals surface area contributed by atoms with E-state index in [9.17, 15) is 9.59 Å². The Kier molecular flexibility index (Phi) is 7.45. The van der Waals surface area contributed by atoms with E-state index in [0.717, 1.165) is 6.54 Å². The van der Waals surface area contributed by atoms with Crippen molar-refractivity contribution in [3.63, 3.8) is 0 Å². The SMILES string of the molecule is CC(C)N(CCn1c(SCC(=O)c2ccccc2)nc2ccccc2c1=O)C(C)C. The summed E-state index contributed by atoms with van der Waals surface area (Å²) >= 11 is 1.33. The van der Waals surface area contributed by atoms with Gasteiger partial charge in [-0.05, 0) is 39.8 Å². The summed E-state index contributed by atoms with van der Waals surface area (Å²) in [5, 5.41) is 1.20. The van der Waals surface area contributed by atoms with Crippen LogP contribution < -0.4 is 5.56 Å². The molecule has 0 atom stereocenters. The fraction of sp³-hybridized carbons (Fsp3) is 0.375. The summed E-state index contributed by atoms with van der Waals surface area (Å²) in [6, 6.07) is 17.4. The van der Waals surface area contributed by atoms with Crippen LogP contribution in [0.15, 0.2) is 64.5 Å². The summed E-state index contributed by atoms with van der Waals surface area (Å²) in [6.45, 7) is 9.93. The smallest absolute Gasteiger partial charge is 0.262 e. The number of hydrogen-bond acceptors (Lipinski definition) is 5. The number of Topliss-reactive ketones (excluding diaryl/α,β-unsaturated/α-hetero) is 1. The summed E-state index contributed by atoms with van der Waals surface area (Å²) in [7, 11) is 0. The fourth-order valence-corrected chi connectivity index (χ4v) is 4.54. The van der Waals surface area contributed by atoms with E-state index in [1.807, 2.05) is 54.6 Å². The van der Waals surface area contributed by atoms with Crippen LogP contribution in [0.25, 0.3) is 10.9 Å². The van der Waals surface area contributed by atoms with E-state index in [-0.39, 0.29) is 17.1 Å². The summed E-state index contributed by atoms with van der Waals surface area (Å²) in [6.07, 6.45) is 0. The zero-order chi connectivity index (χ0) is 21.7. The van der Waals surface area contributed by atoms with E-state index in [0.29, 0.717) is 40.3 Å². The van der Waals surface area contributed by atoms with E-state index in [2.05, 4.69) is 32.6 Å². The highest BCUT2D eigenvalue weighted by Gasteiger charge is 2.17. The number of benzene rings is 2. The molecule has 3 rings (SSSR count). The van der Waals surface area contributed by atoms with Gasteiger partial charge in [0.1, 0.15) is 0 Å². The van der Waals surface area contributed by atoms with Crippen LogP contribution in [-0.2, 0) is 6.54 Å². The topological polar surface area (TPSA) is 55.2 Å². The summed E-state index contributed by atoms with van der Waals surface area (Å²) in [5.74, 6) is 0.271. The van der Waals surface area contributed by atoms with E-state index in [1.54, 1.807) is 4.57 Å². The zero-order valence-corrected chi connectivity index (χ0v) is 18.9. The average molecular weight is 424 g/mol. The maximum absolute atomic E-state index is 13.2. The molecule has 0 fully saturated rings. The molecule has 1 aromatic heterocycles. The molecule has 0 N–H and O–H groups in total. The second-order valence-corrected chi connectivity index (χ2v) is 8.81. The van der Waals surface area contributed by atoms with E-state index in [1.165, 1.54) is 11.8 Å². The van der Waals surface area contributed by atoms with Crippen molar-refractivity contribution in [1.82, 2.24) is 14.5 Å². The lowest BCUT2D eigenvalue weighted by molar-refractivity contribution is 0.102. The minimum absolute atomic E-state index is 0.0283. The van der Waals surface area contributed by atoms with E-state index in [4.69, 9.17) is 4.98 Å². The number of carbonyl (C=O) groups is 1. The van der Waals surface area contributed by atoms with Crippen LogP contribution in [0.4, 0.5) is 0 Å². The minimum Gasteiger partial charge on any atom is -0.297 e. The van der Waals surface area contributed by atoms with Crippen LogP contribution in [0.2, 0.25) is 0 Å². The second kappa shape index (κ2) is 10.0. The first-order chi connectivity index (χ1) is 14.4. The van der Waals surface area contributed by atoms with Crippen molar-refractivity contribution in [3.05, 3.63) is 70.5 Å². The molecule has 0 radical (unpaired) electrons. The van der Waals surface area contributed by atoms with Crippen LogP contribution in [0, 0.1) is 0 Å². The monoisotopic (exact) mass is 423 g/mol. The van der Waals surface area contributed by atoms with Crippen LogP contribution in [0.1, 0.15) is 38.1 Å². The molecular weight excluding hydrogens is 394 g/mol. The lowest BCUT2D eigenvalue weighted by atomic mass is 10.2. The van der Waals surface area contributed by atoms with Gasteiger partial charge in [-0.2, -0.15) is 0 Å². The maximum atomic E-state index is 13.2. The summed E-state index contributed by atoms with van der Waals surface area (Å²) < 4.78 is 1.73. The molecule has 0 spiro atoms. The second-order valence-electron chi connectivity index (χ2n) is 7.87. The molecule has 1 heterocycles. The standard InChI is InChI=1S/C24H29N3O2S/c1-17(2)26(18(3)4)14-15-27-23(29)20-12-8-9-13-21(20)25-24(27)30-16-22(28)19-10-6-5-7-11-19/h5-13,17-18H,14-16H2,1-4H3. The molecule has 0 aliphatic heterocycles. The Morgan fingerprint density at radius 2 is 1.63 bits per heavy atom.